The van der Waals surface area contributed by atoms with Crippen LogP contribution in [0.3, 0.4) is 0 Å². The number of ketones is 1. The average molecular weight is 391 g/mol. The summed E-state index contributed by atoms with van der Waals surface area (Å²) in [5.74, 6) is 3.46. The van der Waals surface area contributed by atoms with Gasteiger partial charge in [-0.25, -0.2) is 0 Å². The number of carbonyl (C=O) groups excluding carboxylic acids is 1. The Morgan fingerprint density at radius 1 is 0.556 bits per heavy atom. The van der Waals surface area contributed by atoms with Gasteiger partial charge in [0, 0.05) is 12.8 Å². The third kappa shape index (κ3) is 244. The quantitative estimate of drug-likeness (QED) is 0.466. The van der Waals surface area contributed by atoms with Crippen molar-refractivity contribution in [3.63, 3.8) is 0 Å². The van der Waals surface area contributed by atoms with E-state index in [9.17, 15) is 4.79 Å². The molecule has 0 atom stereocenters. The molecule has 0 aliphatic heterocycles. The molecule has 0 bridgehead atoms. The Balaban J connectivity index is -0.0000000513. The predicted molar refractivity (Wildman–Crippen MR) is 133 cm³/mol. The number of rotatable bonds is 4. The predicted octanol–water partition coefficient (Wildman–Crippen LogP) is 10.2. The maximum Gasteiger partial charge on any atom is 0.132 e. The molecule has 0 aromatic heterocycles. The molecule has 0 amide bonds. The van der Waals surface area contributed by atoms with Gasteiger partial charge in [-0.3, -0.25) is 4.79 Å². The molecule has 0 saturated carbocycles. The van der Waals surface area contributed by atoms with Crippen LogP contribution in [-0.4, -0.2) is 5.78 Å². The van der Waals surface area contributed by atoms with E-state index in [4.69, 9.17) is 0 Å². The van der Waals surface area contributed by atoms with Crippen LogP contribution in [0.4, 0.5) is 0 Å². The smallest absolute Gasteiger partial charge is 0.132 e. The van der Waals surface area contributed by atoms with Gasteiger partial charge in [-0.15, -0.1) is 0 Å². The summed E-state index contributed by atoms with van der Waals surface area (Å²) in [4.78, 5) is 10.6. The largest absolute Gasteiger partial charge is 0.300 e. The molecule has 0 aromatic rings. The summed E-state index contributed by atoms with van der Waals surface area (Å²) in [6.45, 7) is 34.2. The lowest BCUT2D eigenvalue weighted by Gasteiger charge is -1.98. The summed E-state index contributed by atoms with van der Waals surface area (Å²) in [6.07, 6.45) is 5.24. The van der Waals surface area contributed by atoms with E-state index in [1.165, 1.54) is 19.3 Å². The highest BCUT2D eigenvalue weighted by Gasteiger charge is 1.99. The first-order chi connectivity index (χ1) is 12.2. The summed E-state index contributed by atoms with van der Waals surface area (Å²) in [5.41, 5.74) is 0. The van der Waals surface area contributed by atoms with Gasteiger partial charge < -0.3 is 0 Å². The van der Waals surface area contributed by atoms with Crippen LogP contribution in [0.15, 0.2) is 0 Å². The highest BCUT2D eigenvalue weighted by Crippen LogP contribution is 2.01. The maximum atomic E-state index is 10.6. The van der Waals surface area contributed by atoms with Crippen molar-refractivity contribution in [2.45, 2.75) is 143 Å². The van der Waals surface area contributed by atoms with Crippen LogP contribution in [0.25, 0.3) is 0 Å². The molecule has 0 N–H and O–H groups in total. The van der Waals surface area contributed by atoms with Crippen molar-refractivity contribution in [3.8, 4) is 0 Å². The second-order valence-corrected chi connectivity index (χ2v) is 9.17. The Kier molecular flexibility index (Phi) is 61.5. The molecule has 1 nitrogen and oxygen atoms in total. The SMILES string of the molecule is CC(C)C.CC(C)C.CCC.CCC.CCC(=O)CC(C)C.CCC(C)C. The molecule has 0 rings (SSSR count). The van der Waals surface area contributed by atoms with Crippen molar-refractivity contribution in [2.75, 3.05) is 0 Å². The Hall–Kier alpha value is -0.330. The minimum Gasteiger partial charge on any atom is -0.300 e. The molecule has 0 aliphatic rings. The first kappa shape index (κ1) is 41.1. The zero-order valence-electron chi connectivity index (χ0n) is 22.8. The van der Waals surface area contributed by atoms with E-state index in [0.717, 1.165) is 24.2 Å². The fourth-order valence-electron chi connectivity index (χ4n) is 0.600. The zero-order chi connectivity index (χ0) is 23.4. The lowest BCUT2D eigenvalue weighted by atomic mass is 10.1. The highest BCUT2D eigenvalue weighted by molar-refractivity contribution is 5.78. The van der Waals surface area contributed by atoms with Crippen LogP contribution in [0.5, 0.6) is 0 Å². The lowest BCUT2D eigenvalue weighted by molar-refractivity contribution is -0.119. The second kappa shape index (κ2) is 40.4. The van der Waals surface area contributed by atoms with Crippen molar-refractivity contribution in [1.29, 1.82) is 0 Å². The number of hydrogen-bond acceptors (Lipinski definition) is 1. The summed E-state index contributed by atoms with van der Waals surface area (Å²) >= 11 is 0. The second-order valence-electron chi connectivity index (χ2n) is 9.17. The molecule has 0 unspecified atom stereocenters. The molecule has 0 radical (unpaired) electrons. The fourth-order valence-corrected chi connectivity index (χ4v) is 0.600. The molecular weight excluding hydrogens is 328 g/mol. The number of carbonyl (C=O) groups is 1. The first-order valence-corrected chi connectivity index (χ1v) is 11.7. The van der Waals surface area contributed by atoms with Crippen molar-refractivity contribution in [1.82, 2.24) is 0 Å². The van der Waals surface area contributed by atoms with Crippen molar-refractivity contribution < 1.29 is 4.79 Å². The Morgan fingerprint density at radius 2 is 0.741 bits per heavy atom. The van der Waals surface area contributed by atoms with Gasteiger partial charge in [0.05, 0.1) is 0 Å². The highest BCUT2D eigenvalue weighted by atomic mass is 16.1. The van der Waals surface area contributed by atoms with Crippen LogP contribution >= 0.6 is 0 Å². The van der Waals surface area contributed by atoms with E-state index >= 15 is 0 Å². The van der Waals surface area contributed by atoms with Crippen LogP contribution in [0.2, 0.25) is 0 Å². The third-order valence-corrected chi connectivity index (χ3v) is 1.85. The topological polar surface area (TPSA) is 17.1 Å². The van der Waals surface area contributed by atoms with E-state index in [1.807, 2.05) is 6.92 Å². The summed E-state index contributed by atoms with van der Waals surface area (Å²) < 4.78 is 0. The van der Waals surface area contributed by atoms with Crippen LogP contribution < -0.4 is 0 Å². The van der Waals surface area contributed by atoms with Crippen LogP contribution in [0, 0.1) is 23.7 Å². The Bertz CT molecular complexity index is 189. The fraction of sp³-hybridized carbons (Fsp3) is 0.962. The van der Waals surface area contributed by atoms with Crippen molar-refractivity contribution in [2.24, 2.45) is 23.7 Å². The summed E-state index contributed by atoms with van der Waals surface area (Å²) in [7, 11) is 0. The minimum atomic E-state index is 0.375. The molecule has 0 spiro atoms. The number of Topliss-reactive ketones (excluding diaryl/α,β-unsaturated/α-hetero) is 1. The molecular formula is C26H62O. The van der Waals surface area contributed by atoms with Gasteiger partial charge in [-0.05, 0) is 23.7 Å². The van der Waals surface area contributed by atoms with Gasteiger partial charge >= 0.3 is 0 Å². The standard InChI is InChI=1S/C7H14O.C5H12.2C4H10.2C3H8/c1-4-7(8)5-6(2)3;1-4-5(2)3;2*1-4(2)3;2*1-3-2/h6H,4-5H2,1-3H3;5H,4H2,1-3H3;2*4H,1-3H3;2*3H2,1-2H3. The molecule has 27 heavy (non-hydrogen) atoms. The molecule has 0 aliphatic carbocycles. The average Bonchev–Trinajstić information content (AvgIpc) is 2.47. The van der Waals surface area contributed by atoms with Crippen molar-refractivity contribution in [3.05, 3.63) is 0 Å². The van der Waals surface area contributed by atoms with Gasteiger partial charge in [0.15, 0.2) is 0 Å². The lowest BCUT2D eigenvalue weighted by Crippen LogP contribution is -1.99. The Labute approximate surface area is 177 Å². The van der Waals surface area contributed by atoms with E-state index in [-0.39, 0.29) is 0 Å². The van der Waals surface area contributed by atoms with Gasteiger partial charge in [-0.1, -0.05) is 130 Å². The van der Waals surface area contributed by atoms with Crippen LogP contribution in [-0.2, 0) is 4.79 Å². The minimum absolute atomic E-state index is 0.375. The maximum absolute atomic E-state index is 10.6. The molecule has 172 valence electrons. The summed E-state index contributed by atoms with van der Waals surface area (Å²) in [6, 6.07) is 0. The number of hydrogen-bond donors (Lipinski definition) is 0. The summed E-state index contributed by atoms with van der Waals surface area (Å²) in [5, 5.41) is 0. The molecule has 0 aromatic carbocycles. The van der Waals surface area contributed by atoms with Gasteiger partial charge in [-0.2, -0.15) is 0 Å². The van der Waals surface area contributed by atoms with Crippen molar-refractivity contribution >= 4 is 5.78 Å². The third-order valence-electron chi connectivity index (χ3n) is 1.85. The van der Waals surface area contributed by atoms with Crippen LogP contribution in [0.1, 0.15) is 143 Å². The molecule has 0 heterocycles. The Morgan fingerprint density at radius 3 is 0.778 bits per heavy atom. The monoisotopic (exact) mass is 390 g/mol. The van der Waals surface area contributed by atoms with E-state index in [0.29, 0.717) is 18.1 Å². The van der Waals surface area contributed by atoms with Gasteiger partial charge in [0.2, 0.25) is 0 Å². The molecule has 1 heteroatoms. The molecule has 0 fully saturated rings. The zero-order valence-corrected chi connectivity index (χ0v) is 22.8. The van der Waals surface area contributed by atoms with E-state index < -0.39 is 0 Å². The van der Waals surface area contributed by atoms with E-state index in [2.05, 4.69) is 104 Å². The normalized spacial score (nSPS) is 8.74. The van der Waals surface area contributed by atoms with Gasteiger partial charge in [0.1, 0.15) is 5.78 Å². The van der Waals surface area contributed by atoms with Gasteiger partial charge in [0.25, 0.3) is 0 Å². The first-order valence-electron chi connectivity index (χ1n) is 11.7. The molecule has 0 saturated heterocycles. The van der Waals surface area contributed by atoms with E-state index in [1.54, 1.807) is 0 Å².